The number of carbonyl (C=O) groups is 1. The molecule has 1 amide bonds. The number of nitrogens with zero attached hydrogens (tertiary/aromatic N) is 1. The lowest BCUT2D eigenvalue weighted by molar-refractivity contribution is 0.0599. The van der Waals surface area contributed by atoms with E-state index in [1.54, 1.807) is 12.1 Å². The highest BCUT2D eigenvalue weighted by Crippen LogP contribution is 2.27. The van der Waals surface area contributed by atoms with Crippen molar-refractivity contribution in [2.24, 2.45) is 0 Å². The lowest BCUT2D eigenvalue weighted by atomic mass is 9.97. The molecule has 1 aromatic rings. The second-order valence-corrected chi connectivity index (χ2v) is 5.83. The third-order valence-electron chi connectivity index (χ3n) is 3.69. The van der Waals surface area contributed by atoms with Crippen LogP contribution in [0.4, 0.5) is 4.39 Å². The fourth-order valence-corrected chi connectivity index (χ4v) is 3.16. The summed E-state index contributed by atoms with van der Waals surface area (Å²) < 4.78 is 13.8. The quantitative estimate of drug-likeness (QED) is 0.806. The first-order valence-corrected chi connectivity index (χ1v) is 7.69. The van der Waals surface area contributed by atoms with Crippen LogP contribution in [0.1, 0.15) is 49.4 Å². The van der Waals surface area contributed by atoms with Gasteiger partial charge < -0.3 is 4.90 Å². The minimum atomic E-state index is -0.380. The van der Waals surface area contributed by atoms with Gasteiger partial charge in [-0.05, 0) is 53.7 Å². The van der Waals surface area contributed by atoms with E-state index in [0.29, 0.717) is 11.6 Å². The number of hydrogen-bond acceptors (Lipinski definition) is 1. The summed E-state index contributed by atoms with van der Waals surface area (Å²) in [6.07, 6.45) is 5.38. The van der Waals surface area contributed by atoms with Crippen molar-refractivity contribution < 1.29 is 9.18 Å². The lowest BCUT2D eigenvalue weighted by Gasteiger charge is -2.36. The molecule has 1 unspecified atom stereocenters. The van der Waals surface area contributed by atoms with Crippen LogP contribution >= 0.6 is 15.9 Å². The van der Waals surface area contributed by atoms with E-state index in [0.717, 1.165) is 32.2 Å². The maximum Gasteiger partial charge on any atom is 0.255 e. The van der Waals surface area contributed by atoms with E-state index in [1.807, 2.05) is 4.90 Å². The van der Waals surface area contributed by atoms with E-state index in [9.17, 15) is 9.18 Å². The number of likely N-dealkylation sites (tertiary alicyclic amines) is 1. The summed E-state index contributed by atoms with van der Waals surface area (Å²) in [7, 11) is 0. The summed E-state index contributed by atoms with van der Waals surface area (Å²) in [5.74, 6) is -0.431. The summed E-state index contributed by atoms with van der Waals surface area (Å²) in [5.41, 5.74) is 0.433. The van der Waals surface area contributed by atoms with Crippen molar-refractivity contribution in [3.63, 3.8) is 0 Å². The van der Waals surface area contributed by atoms with Gasteiger partial charge in [0.1, 0.15) is 5.82 Å². The summed E-state index contributed by atoms with van der Waals surface area (Å²) >= 11 is 3.18. The topological polar surface area (TPSA) is 20.3 Å². The van der Waals surface area contributed by atoms with Gasteiger partial charge in [-0.15, -0.1) is 0 Å². The molecule has 4 heteroatoms. The van der Waals surface area contributed by atoms with Crippen LogP contribution in [0.3, 0.4) is 0 Å². The van der Waals surface area contributed by atoms with E-state index in [-0.39, 0.29) is 16.2 Å². The lowest BCUT2D eigenvalue weighted by Crippen LogP contribution is -2.43. The summed E-state index contributed by atoms with van der Waals surface area (Å²) in [5, 5.41) is 0. The molecule has 0 saturated carbocycles. The number of halogens is 2. The third-order valence-corrected chi connectivity index (χ3v) is 4.50. The van der Waals surface area contributed by atoms with Gasteiger partial charge in [-0.2, -0.15) is 0 Å². The molecule has 0 spiro atoms. The van der Waals surface area contributed by atoms with Gasteiger partial charge in [0, 0.05) is 12.6 Å². The molecule has 0 N–H and O–H groups in total. The fraction of sp³-hybridized carbons (Fsp3) is 0.533. The minimum Gasteiger partial charge on any atom is -0.336 e. The van der Waals surface area contributed by atoms with Crippen molar-refractivity contribution in [1.82, 2.24) is 4.90 Å². The van der Waals surface area contributed by atoms with Crippen LogP contribution in [0.25, 0.3) is 0 Å². The molecule has 0 radical (unpaired) electrons. The molecule has 1 aliphatic heterocycles. The zero-order valence-corrected chi connectivity index (χ0v) is 12.7. The van der Waals surface area contributed by atoms with Gasteiger partial charge >= 0.3 is 0 Å². The number of hydrogen-bond donors (Lipinski definition) is 0. The van der Waals surface area contributed by atoms with Crippen molar-refractivity contribution in [2.45, 2.75) is 45.1 Å². The first-order valence-electron chi connectivity index (χ1n) is 6.90. The molecule has 1 atom stereocenters. The average Bonchev–Trinajstić information content (AvgIpc) is 2.42. The van der Waals surface area contributed by atoms with Crippen LogP contribution in [0, 0.1) is 5.82 Å². The largest absolute Gasteiger partial charge is 0.336 e. The molecular weight excluding hydrogens is 309 g/mol. The van der Waals surface area contributed by atoms with E-state index >= 15 is 0 Å². The highest BCUT2D eigenvalue weighted by Gasteiger charge is 2.28. The summed E-state index contributed by atoms with van der Waals surface area (Å²) in [4.78, 5) is 14.5. The maximum absolute atomic E-state index is 13.5. The van der Waals surface area contributed by atoms with Crippen molar-refractivity contribution >= 4 is 21.8 Å². The Morgan fingerprint density at radius 1 is 1.47 bits per heavy atom. The second kappa shape index (κ2) is 6.51. The Labute approximate surface area is 122 Å². The van der Waals surface area contributed by atoms with Gasteiger partial charge in [0.05, 0.1) is 10.0 Å². The molecule has 19 heavy (non-hydrogen) atoms. The molecular formula is C15H19BrFNO. The smallest absolute Gasteiger partial charge is 0.255 e. The van der Waals surface area contributed by atoms with Crippen molar-refractivity contribution in [3.8, 4) is 0 Å². The molecule has 1 fully saturated rings. The Morgan fingerprint density at radius 3 is 3.00 bits per heavy atom. The predicted octanol–water partition coefficient (Wildman–Crippen LogP) is 4.38. The van der Waals surface area contributed by atoms with Crippen LogP contribution < -0.4 is 0 Å². The Bertz CT molecular complexity index is 461. The van der Waals surface area contributed by atoms with Crippen molar-refractivity contribution in [3.05, 3.63) is 34.1 Å². The van der Waals surface area contributed by atoms with Crippen molar-refractivity contribution in [2.75, 3.05) is 6.54 Å². The normalized spacial score (nSPS) is 19.5. The van der Waals surface area contributed by atoms with E-state index in [1.165, 1.54) is 12.5 Å². The highest BCUT2D eigenvalue weighted by atomic mass is 79.9. The first-order chi connectivity index (χ1) is 9.15. The Hall–Kier alpha value is -0.900. The zero-order chi connectivity index (χ0) is 13.8. The zero-order valence-electron chi connectivity index (χ0n) is 11.2. The number of amides is 1. The van der Waals surface area contributed by atoms with E-state index < -0.39 is 0 Å². The fourth-order valence-electron chi connectivity index (χ4n) is 2.72. The second-order valence-electron chi connectivity index (χ2n) is 5.04. The molecule has 1 saturated heterocycles. The van der Waals surface area contributed by atoms with Crippen LogP contribution in [0.2, 0.25) is 0 Å². The maximum atomic E-state index is 13.5. The van der Waals surface area contributed by atoms with E-state index in [2.05, 4.69) is 22.9 Å². The minimum absolute atomic E-state index is 0.0514. The Kier molecular flexibility index (Phi) is 4.97. The molecule has 2 rings (SSSR count). The van der Waals surface area contributed by atoms with Gasteiger partial charge in [0.15, 0.2) is 0 Å². The predicted molar refractivity (Wildman–Crippen MR) is 77.7 cm³/mol. The van der Waals surface area contributed by atoms with Crippen LogP contribution in [0.15, 0.2) is 22.7 Å². The van der Waals surface area contributed by atoms with Gasteiger partial charge in [0.2, 0.25) is 0 Å². The number of benzene rings is 1. The third kappa shape index (κ3) is 3.16. The van der Waals surface area contributed by atoms with Crippen molar-refractivity contribution in [1.29, 1.82) is 0 Å². The Balaban J connectivity index is 2.23. The van der Waals surface area contributed by atoms with Crippen LogP contribution in [0.5, 0.6) is 0 Å². The summed E-state index contributed by atoms with van der Waals surface area (Å²) in [6.45, 7) is 2.92. The molecule has 1 aromatic carbocycles. The van der Waals surface area contributed by atoms with Crippen LogP contribution in [-0.2, 0) is 0 Å². The first kappa shape index (κ1) is 14.5. The number of piperidine rings is 1. The summed E-state index contributed by atoms with van der Waals surface area (Å²) in [6, 6.07) is 4.95. The monoisotopic (exact) mass is 327 g/mol. The van der Waals surface area contributed by atoms with Gasteiger partial charge in [0.25, 0.3) is 5.91 Å². The SMILES string of the molecule is CCCC1CCCCN1C(=O)c1cccc(F)c1Br. The van der Waals surface area contributed by atoms with Gasteiger partial charge in [-0.3, -0.25) is 4.79 Å². The van der Waals surface area contributed by atoms with Gasteiger partial charge in [-0.25, -0.2) is 4.39 Å². The molecule has 2 nitrogen and oxygen atoms in total. The van der Waals surface area contributed by atoms with Crippen LogP contribution in [-0.4, -0.2) is 23.4 Å². The average molecular weight is 328 g/mol. The van der Waals surface area contributed by atoms with E-state index in [4.69, 9.17) is 0 Å². The molecule has 0 aliphatic carbocycles. The standard InChI is InChI=1S/C15H19BrFNO/c1-2-6-11-7-3-4-10-18(11)15(19)12-8-5-9-13(17)14(12)16/h5,8-9,11H,2-4,6-7,10H2,1H3. The number of rotatable bonds is 3. The molecule has 0 aromatic heterocycles. The Morgan fingerprint density at radius 2 is 2.26 bits per heavy atom. The molecule has 1 heterocycles. The molecule has 104 valence electrons. The number of carbonyl (C=O) groups excluding carboxylic acids is 1. The van der Waals surface area contributed by atoms with Gasteiger partial charge in [-0.1, -0.05) is 19.4 Å². The highest BCUT2D eigenvalue weighted by molar-refractivity contribution is 9.10. The molecule has 0 bridgehead atoms. The molecule has 1 aliphatic rings.